The molecule has 2 rings (SSSR count). The van der Waals surface area contributed by atoms with Gasteiger partial charge in [0.2, 0.25) is 5.91 Å². The summed E-state index contributed by atoms with van der Waals surface area (Å²) in [6.45, 7) is 2.23. The zero-order chi connectivity index (χ0) is 14.2. The maximum absolute atomic E-state index is 12.0. The summed E-state index contributed by atoms with van der Waals surface area (Å²) in [5.74, 6) is -0.893. The van der Waals surface area contributed by atoms with E-state index in [0.717, 1.165) is 10.0 Å². The van der Waals surface area contributed by atoms with Crippen LogP contribution in [0.4, 0.5) is 11.4 Å². The highest BCUT2D eigenvalue weighted by molar-refractivity contribution is 9.10. The number of hydrogen-bond acceptors (Lipinski definition) is 4. The first-order chi connectivity index (χ1) is 8.93. The van der Waals surface area contributed by atoms with Gasteiger partial charge < -0.3 is 15.4 Å². The van der Waals surface area contributed by atoms with E-state index in [0.29, 0.717) is 17.9 Å². The molecule has 1 aromatic carbocycles. The lowest BCUT2D eigenvalue weighted by Crippen LogP contribution is -2.27. The first-order valence-electron chi connectivity index (χ1n) is 5.88. The maximum atomic E-state index is 12.0. The molecule has 0 spiro atoms. The molecule has 1 saturated heterocycles. The third kappa shape index (κ3) is 2.58. The number of carbonyl (C=O) groups is 2. The van der Waals surface area contributed by atoms with Gasteiger partial charge in [-0.2, -0.15) is 0 Å². The van der Waals surface area contributed by atoms with Gasteiger partial charge in [-0.3, -0.25) is 9.59 Å². The largest absolute Gasteiger partial charge is 0.469 e. The molecular weight excluding hydrogens is 312 g/mol. The molecule has 1 aliphatic rings. The van der Waals surface area contributed by atoms with Crippen molar-refractivity contribution in [3.63, 3.8) is 0 Å². The number of benzene rings is 1. The van der Waals surface area contributed by atoms with Crippen molar-refractivity contribution in [1.29, 1.82) is 0 Å². The highest BCUT2D eigenvalue weighted by Gasteiger charge is 2.36. The second-order valence-electron chi connectivity index (χ2n) is 4.59. The van der Waals surface area contributed by atoms with Crippen LogP contribution in [0.25, 0.3) is 0 Å². The lowest BCUT2D eigenvalue weighted by molar-refractivity contribution is -0.145. The van der Waals surface area contributed by atoms with Crippen LogP contribution in [-0.4, -0.2) is 25.5 Å². The second kappa shape index (κ2) is 5.21. The minimum Gasteiger partial charge on any atom is -0.469 e. The zero-order valence-corrected chi connectivity index (χ0v) is 12.4. The summed E-state index contributed by atoms with van der Waals surface area (Å²) in [4.78, 5) is 25.0. The Labute approximate surface area is 119 Å². The number of amides is 1. The second-order valence-corrected chi connectivity index (χ2v) is 5.44. The fourth-order valence-electron chi connectivity index (χ4n) is 2.19. The molecule has 0 saturated carbocycles. The SMILES string of the molecule is COC(=O)C1CC(=O)N(c2cc(Br)c(C)cc2N)C1. The number of methoxy groups -OCH3 is 1. The highest BCUT2D eigenvalue weighted by Crippen LogP contribution is 2.34. The predicted octanol–water partition coefficient (Wildman–Crippen LogP) is 1.87. The lowest BCUT2D eigenvalue weighted by atomic mass is 10.1. The number of esters is 1. The van der Waals surface area contributed by atoms with Gasteiger partial charge in [0.25, 0.3) is 0 Å². The van der Waals surface area contributed by atoms with Crippen molar-refractivity contribution >= 4 is 39.2 Å². The Hall–Kier alpha value is -1.56. The van der Waals surface area contributed by atoms with E-state index in [2.05, 4.69) is 20.7 Å². The Kier molecular flexibility index (Phi) is 3.80. The van der Waals surface area contributed by atoms with Crippen molar-refractivity contribution in [2.24, 2.45) is 5.92 Å². The summed E-state index contributed by atoms with van der Waals surface area (Å²) >= 11 is 3.42. The number of nitrogen functional groups attached to an aromatic ring is 1. The molecule has 1 amide bonds. The van der Waals surface area contributed by atoms with E-state index in [4.69, 9.17) is 5.73 Å². The molecule has 1 atom stereocenters. The molecule has 1 aliphatic heterocycles. The van der Waals surface area contributed by atoms with Crippen molar-refractivity contribution in [3.8, 4) is 0 Å². The average molecular weight is 327 g/mol. The molecule has 0 bridgehead atoms. The number of carbonyl (C=O) groups excluding carboxylic acids is 2. The van der Waals surface area contributed by atoms with Crippen molar-refractivity contribution in [2.75, 3.05) is 24.3 Å². The van der Waals surface area contributed by atoms with Gasteiger partial charge in [-0.05, 0) is 24.6 Å². The molecule has 0 aromatic heterocycles. The van der Waals surface area contributed by atoms with E-state index >= 15 is 0 Å². The molecule has 1 fully saturated rings. The Morgan fingerprint density at radius 2 is 2.21 bits per heavy atom. The summed E-state index contributed by atoms with van der Waals surface area (Å²) in [5, 5.41) is 0. The number of nitrogens with zero attached hydrogens (tertiary/aromatic N) is 1. The maximum Gasteiger partial charge on any atom is 0.311 e. The van der Waals surface area contributed by atoms with Gasteiger partial charge >= 0.3 is 5.97 Å². The van der Waals surface area contributed by atoms with Crippen molar-refractivity contribution in [3.05, 3.63) is 22.2 Å². The van der Waals surface area contributed by atoms with Gasteiger partial charge in [-0.25, -0.2) is 0 Å². The van der Waals surface area contributed by atoms with Gasteiger partial charge in [0.05, 0.1) is 24.4 Å². The van der Waals surface area contributed by atoms with Gasteiger partial charge in [0, 0.05) is 17.4 Å². The van der Waals surface area contributed by atoms with Gasteiger partial charge in [-0.15, -0.1) is 0 Å². The van der Waals surface area contributed by atoms with Crippen LogP contribution in [0.5, 0.6) is 0 Å². The predicted molar refractivity (Wildman–Crippen MR) is 75.8 cm³/mol. The monoisotopic (exact) mass is 326 g/mol. The number of halogens is 1. The summed E-state index contributed by atoms with van der Waals surface area (Å²) in [7, 11) is 1.33. The van der Waals surface area contributed by atoms with Crippen LogP contribution < -0.4 is 10.6 Å². The van der Waals surface area contributed by atoms with E-state index in [1.165, 1.54) is 7.11 Å². The normalized spacial score (nSPS) is 18.8. The Bertz CT molecular complexity index is 545. The quantitative estimate of drug-likeness (QED) is 0.665. The molecule has 0 aliphatic carbocycles. The van der Waals surface area contributed by atoms with E-state index in [-0.39, 0.29) is 18.3 Å². The molecule has 5 nitrogen and oxygen atoms in total. The van der Waals surface area contributed by atoms with Crippen molar-refractivity contribution in [1.82, 2.24) is 0 Å². The topological polar surface area (TPSA) is 72.6 Å². The Morgan fingerprint density at radius 1 is 1.53 bits per heavy atom. The third-order valence-electron chi connectivity index (χ3n) is 3.26. The van der Waals surface area contributed by atoms with Gasteiger partial charge in [-0.1, -0.05) is 15.9 Å². The van der Waals surface area contributed by atoms with Crippen LogP contribution >= 0.6 is 15.9 Å². The number of anilines is 2. The first-order valence-corrected chi connectivity index (χ1v) is 6.67. The van der Waals surface area contributed by atoms with Crippen LogP contribution in [0, 0.1) is 12.8 Å². The van der Waals surface area contributed by atoms with Crippen LogP contribution in [0.1, 0.15) is 12.0 Å². The zero-order valence-electron chi connectivity index (χ0n) is 10.8. The molecule has 6 heteroatoms. The molecule has 2 N–H and O–H groups in total. The minimum atomic E-state index is -0.419. The number of hydrogen-bond donors (Lipinski definition) is 1. The number of ether oxygens (including phenoxy) is 1. The van der Waals surface area contributed by atoms with Crippen LogP contribution in [-0.2, 0) is 14.3 Å². The number of aryl methyl sites for hydroxylation is 1. The Balaban J connectivity index is 2.30. The standard InChI is InChI=1S/C13H15BrN2O3/c1-7-3-10(15)11(5-9(7)14)16-6-8(4-12(16)17)13(18)19-2/h3,5,8H,4,6,15H2,1-2H3. The summed E-state index contributed by atoms with van der Waals surface area (Å²) in [6.07, 6.45) is 0.164. The van der Waals surface area contributed by atoms with E-state index in [1.54, 1.807) is 11.0 Å². The first kappa shape index (κ1) is 13.9. The van der Waals surface area contributed by atoms with Crippen LogP contribution in [0.15, 0.2) is 16.6 Å². The number of rotatable bonds is 2. The fourth-order valence-corrected chi connectivity index (χ4v) is 2.52. The Morgan fingerprint density at radius 3 is 2.84 bits per heavy atom. The summed E-state index contributed by atoms with van der Waals surface area (Å²) in [6, 6.07) is 3.61. The molecule has 19 heavy (non-hydrogen) atoms. The fraction of sp³-hybridized carbons (Fsp3) is 0.385. The van der Waals surface area contributed by atoms with E-state index in [1.807, 2.05) is 13.0 Å². The van der Waals surface area contributed by atoms with E-state index < -0.39 is 5.92 Å². The molecule has 1 heterocycles. The van der Waals surface area contributed by atoms with Gasteiger partial charge in [0.1, 0.15) is 0 Å². The smallest absolute Gasteiger partial charge is 0.311 e. The number of nitrogens with two attached hydrogens (primary N) is 1. The van der Waals surface area contributed by atoms with Crippen molar-refractivity contribution < 1.29 is 14.3 Å². The van der Waals surface area contributed by atoms with E-state index in [9.17, 15) is 9.59 Å². The van der Waals surface area contributed by atoms with Gasteiger partial charge in [0.15, 0.2) is 0 Å². The highest BCUT2D eigenvalue weighted by atomic mass is 79.9. The van der Waals surface area contributed by atoms with Crippen LogP contribution in [0.3, 0.4) is 0 Å². The third-order valence-corrected chi connectivity index (χ3v) is 4.11. The molecule has 102 valence electrons. The average Bonchev–Trinajstić information content (AvgIpc) is 2.75. The van der Waals surface area contributed by atoms with Crippen molar-refractivity contribution in [2.45, 2.75) is 13.3 Å². The molecular formula is C13H15BrN2O3. The molecule has 1 aromatic rings. The minimum absolute atomic E-state index is 0.113. The summed E-state index contributed by atoms with van der Waals surface area (Å²) in [5.41, 5.74) is 8.11. The summed E-state index contributed by atoms with van der Waals surface area (Å²) < 4.78 is 5.56. The van der Waals surface area contributed by atoms with Crippen LogP contribution in [0.2, 0.25) is 0 Å². The molecule has 0 radical (unpaired) electrons. The lowest BCUT2D eigenvalue weighted by Gasteiger charge is -2.19. The molecule has 1 unspecified atom stereocenters.